The van der Waals surface area contributed by atoms with Gasteiger partial charge in [0.2, 0.25) is 0 Å². The Bertz CT molecular complexity index is 1880. The van der Waals surface area contributed by atoms with E-state index >= 15 is 0 Å². The number of aromatic nitrogens is 1. The summed E-state index contributed by atoms with van der Waals surface area (Å²) in [6.07, 6.45) is 1.64. The lowest BCUT2D eigenvalue weighted by molar-refractivity contribution is -0.139. The Morgan fingerprint density at radius 1 is 1.14 bits per heavy atom. The van der Waals surface area contributed by atoms with Crippen LogP contribution in [0.5, 0.6) is 11.5 Å². The normalized spacial score (nSPS) is 15.0. The maximum Gasteiger partial charge on any atom is 0.338 e. The molecule has 3 heterocycles. The second-order valence-corrected chi connectivity index (χ2v) is 11.9. The summed E-state index contributed by atoms with van der Waals surface area (Å²) >= 11 is 4.84. The first-order valence-electron chi connectivity index (χ1n) is 13.5. The average Bonchev–Trinajstić information content (AvgIpc) is 3.52. The van der Waals surface area contributed by atoms with Crippen LogP contribution >= 0.6 is 27.3 Å². The number of aryl methyl sites for hydroxylation is 1. The number of nitrogens with zero attached hydrogens (tertiary/aromatic N) is 2. The fraction of sp³-hybridized carbons (Fsp3) is 0.281. The number of hydrogen-bond acceptors (Lipinski definition) is 8. The molecule has 2 aromatic heterocycles. The summed E-state index contributed by atoms with van der Waals surface area (Å²) < 4.78 is 25.9. The van der Waals surface area contributed by atoms with Crippen LogP contribution in [-0.2, 0) is 9.53 Å². The fourth-order valence-corrected chi connectivity index (χ4v) is 6.55. The molecule has 1 atom stereocenters. The molecule has 8 nitrogen and oxygen atoms in total. The van der Waals surface area contributed by atoms with Gasteiger partial charge < -0.3 is 18.6 Å². The molecule has 0 aliphatic carbocycles. The molecule has 0 fully saturated rings. The molecular weight excluding hydrogens is 620 g/mol. The third-order valence-corrected chi connectivity index (χ3v) is 8.31. The number of esters is 1. The third-order valence-electron chi connectivity index (χ3n) is 6.67. The SMILES string of the molecule is CCOC(=O)C1=C(C)N=c2s/c(=C/c3ccc(-c4ccc(C)cc4Br)o3)c(=O)n2[C@@H]1c1ccc(OC(C)C)c(OC)c1. The molecule has 0 radical (unpaired) electrons. The first-order chi connectivity index (χ1) is 20.1. The van der Waals surface area contributed by atoms with Gasteiger partial charge >= 0.3 is 5.97 Å². The van der Waals surface area contributed by atoms with E-state index in [2.05, 4.69) is 20.9 Å². The molecule has 10 heteroatoms. The molecule has 5 rings (SSSR count). The number of carbonyl (C=O) groups excluding carboxylic acids is 1. The number of rotatable bonds is 8. The van der Waals surface area contributed by atoms with Gasteiger partial charge in [-0.05, 0) is 82.1 Å². The van der Waals surface area contributed by atoms with E-state index in [1.54, 1.807) is 39.2 Å². The summed E-state index contributed by atoms with van der Waals surface area (Å²) in [5, 5.41) is 0. The molecule has 0 saturated heterocycles. The van der Waals surface area contributed by atoms with E-state index in [4.69, 9.17) is 18.6 Å². The Balaban J connectivity index is 1.64. The number of allylic oxidation sites excluding steroid dienone is 1. The van der Waals surface area contributed by atoms with Crippen LogP contribution in [0.15, 0.2) is 78.5 Å². The second-order valence-electron chi connectivity index (χ2n) is 10.1. The van der Waals surface area contributed by atoms with Gasteiger partial charge in [0.25, 0.3) is 5.56 Å². The number of fused-ring (bicyclic) bond motifs is 1. The van der Waals surface area contributed by atoms with Crippen molar-refractivity contribution in [3.8, 4) is 22.8 Å². The number of hydrogen-bond donors (Lipinski definition) is 0. The molecule has 0 N–H and O–H groups in total. The summed E-state index contributed by atoms with van der Waals surface area (Å²) in [6, 6.07) is 14.4. The quantitative estimate of drug-likeness (QED) is 0.220. The zero-order valence-electron chi connectivity index (χ0n) is 24.2. The van der Waals surface area contributed by atoms with Crippen molar-refractivity contribution in [2.45, 2.75) is 46.8 Å². The molecule has 0 spiro atoms. The predicted molar refractivity (Wildman–Crippen MR) is 166 cm³/mol. The predicted octanol–water partition coefficient (Wildman–Crippen LogP) is 5.93. The van der Waals surface area contributed by atoms with Gasteiger partial charge in [0, 0.05) is 16.1 Å². The van der Waals surface area contributed by atoms with Crippen LogP contribution in [0.25, 0.3) is 17.4 Å². The standard InChI is InChI=1S/C32H31BrN2O6S/c1-7-39-31(37)28-19(5)34-32-35(29(28)20-9-12-25(40-17(2)3)26(15-20)38-6)30(36)27(42-32)16-21-10-13-24(41-21)22-11-8-18(4)14-23(22)33/h8-17,29H,7H2,1-6H3/b27-16+/t29-/m1/s1. The van der Waals surface area contributed by atoms with E-state index in [1.807, 2.05) is 57.2 Å². The molecule has 4 aromatic rings. The smallest absolute Gasteiger partial charge is 0.338 e. The van der Waals surface area contributed by atoms with Crippen LogP contribution in [-0.4, -0.2) is 30.4 Å². The van der Waals surface area contributed by atoms with Crippen molar-refractivity contribution in [2.75, 3.05) is 13.7 Å². The van der Waals surface area contributed by atoms with Gasteiger partial charge in [-0.1, -0.05) is 39.4 Å². The second kappa shape index (κ2) is 12.1. The number of carbonyl (C=O) groups is 1. The highest BCUT2D eigenvalue weighted by Gasteiger charge is 2.34. The molecule has 2 aromatic carbocycles. The molecule has 0 bridgehead atoms. The lowest BCUT2D eigenvalue weighted by Crippen LogP contribution is -2.40. The van der Waals surface area contributed by atoms with Gasteiger partial charge in [-0.2, -0.15) is 0 Å². The first kappa shape index (κ1) is 29.6. The lowest BCUT2D eigenvalue weighted by Gasteiger charge is -2.25. The Labute approximate surface area is 255 Å². The highest BCUT2D eigenvalue weighted by Crippen LogP contribution is 2.37. The third kappa shape index (κ3) is 5.73. The highest BCUT2D eigenvalue weighted by molar-refractivity contribution is 9.10. The first-order valence-corrected chi connectivity index (χ1v) is 15.1. The van der Waals surface area contributed by atoms with E-state index in [-0.39, 0.29) is 18.3 Å². The van der Waals surface area contributed by atoms with Gasteiger partial charge in [0.15, 0.2) is 16.3 Å². The van der Waals surface area contributed by atoms with Gasteiger partial charge in [-0.15, -0.1) is 0 Å². The van der Waals surface area contributed by atoms with E-state index < -0.39 is 12.0 Å². The van der Waals surface area contributed by atoms with E-state index in [1.165, 1.54) is 15.9 Å². The Hall–Kier alpha value is -3.89. The minimum atomic E-state index is -0.778. The number of halogens is 1. The van der Waals surface area contributed by atoms with Gasteiger partial charge in [0.05, 0.1) is 41.7 Å². The Kier molecular flexibility index (Phi) is 8.56. The molecule has 0 unspecified atom stereocenters. The summed E-state index contributed by atoms with van der Waals surface area (Å²) in [5.74, 6) is 1.73. The maximum absolute atomic E-state index is 14.0. The topological polar surface area (TPSA) is 92.3 Å². The van der Waals surface area contributed by atoms with E-state index in [9.17, 15) is 9.59 Å². The fourth-order valence-electron chi connectivity index (χ4n) is 4.84. The van der Waals surface area contributed by atoms with E-state index in [0.29, 0.717) is 49.2 Å². The largest absolute Gasteiger partial charge is 0.493 e. The van der Waals surface area contributed by atoms with Gasteiger partial charge in [-0.25, -0.2) is 9.79 Å². The Morgan fingerprint density at radius 2 is 1.93 bits per heavy atom. The van der Waals surface area contributed by atoms with Crippen LogP contribution < -0.4 is 24.4 Å². The minimum absolute atomic E-state index is 0.0612. The monoisotopic (exact) mass is 650 g/mol. The summed E-state index contributed by atoms with van der Waals surface area (Å²) in [4.78, 5) is 32.3. The van der Waals surface area contributed by atoms with Gasteiger partial charge in [0.1, 0.15) is 11.5 Å². The summed E-state index contributed by atoms with van der Waals surface area (Å²) in [5.41, 5.74) is 3.18. The zero-order valence-corrected chi connectivity index (χ0v) is 26.6. The van der Waals surface area contributed by atoms with Crippen molar-refractivity contribution in [2.24, 2.45) is 4.99 Å². The number of ether oxygens (including phenoxy) is 3. The maximum atomic E-state index is 14.0. The average molecular weight is 652 g/mol. The van der Waals surface area contributed by atoms with Crippen LogP contribution in [0, 0.1) is 6.92 Å². The Morgan fingerprint density at radius 3 is 2.62 bits per heavy atom. The van der Waals surface area contributed by atoms with Crippen molar-refractivity contribution in [1.29, 1.82) is 0 Å². The van der Waals surface area contributed by atoms with Gasteiger partial charge in [-0.3, -0.25) is 9.36 Å². The molecular formula is C32H31BrN2O6S. The van der Waals surface area contributed by atoms with E-state index in [0.717, 1.165) is 15.6 Å². The summed E-state index contributed by atoms with van der Waals surface area (Å²) in [7, 11) is 1.55. The highest BCUT2D eigenvalue weighted by atomic mass is 79.9. The summed E-state index contributed by atoms with van der Waals surface area (Å²) in [6.45, 7) is 9.56. The zero-order chi connectivity index (χ0) is 30.1. The minimum Gasteiger partial charge on any atom is -0.493 e. The van der Waals surface area contributed by atoms with Crippen molar-refractivity contribution in [3.05, 3.63) is 101 Å². The van der Waals surface area contributed by atoms with Crippen molar-refractivity contribution in [3.63, 3.8) is 0 Å². The van der Waals surface area contributed by atoms with Crippen LogP contribution in [0.2, 0.25) is 0 Å². The molecule has 1 aliphatic heterocycles. The molecule has 0 amide bonds. The lowest BCUT2D eigenvalue weighted by atomic mass is 9.95. The molecule has 218 valence electrons. The van der Waals surface area contributed by atoms with Crippen LogP contribution in [0.1, 0.15) is 50.6 Å². The number of methoxy groups -OCH3 is 1. The molecule has 0 saturated carbocycles. The van der Waals surface area contributed by atoms with Crippen LogP contribution in [0.4, 0.5) is 0 Å². The number of benzene rings is 2. The van der Waals surface area contributed by atoms with Crippen molar-refractivity contribution < 1.29 is 23.4 Å². The molecule has 42 heavy (non-hydrogen) atoms. The molecule has 1 aliphatic rings. The number of furan rings is 1. The van der Waals surface area contributed by atoms with Crippen LogP contribution in [0.3, 0.4) is 0 Å². The van der Waals surface area contributed by atoms with Crippen molar-refractivity contribution in [1.82, 2.24) is 4.57 Å². The number of thiazole rings is 1. The van der Waals surface area contributed by atoms with Crippen molar-refractivity contribution >= 4 is 39.3 Å².